The van der Waals surface area contributed by atoms with Gasteiger partial charge in [0, 0.05) is 55.8 Å². The van der Waals surface area contributed by atoms with E-state index in [1.807, 2.05) is 18.2 Å². The zero-order valence-electron chi connectivity index (χ0n) is 12.4. The van der Waals surface area contributed by atoms with Gasteiger partial charge in [0.25, 0.3) is 5.56 Å². The Morgan fingerprint density at radius 1 is 1.18 bits per heavy atom. The van der Waals surface area contributed by atoms with Crippen molar-refractivity contribution in [2.75, 3.05) is 36.8 Å². The van der Waals surface area contributed by atoms with Crippen molar-refractivity contribution in [1.82, 2.24) is 14.9 Å². The number of aryl methyl sites for hydroxylation is 1. The predicted molar refractivity (Wildman–Crippen MR) is 90.7 cm³/mol. The summed E-state index contributed by atoms with van der Waals surface area (Å²) < 4.78 is 1.76. The summed E-state index contributed by atoms with van der Waals surface area (Å²) in [5.41, 5.74) is 0.0121. The van der Waals surface area contributed by atoms with Crippen LogP contribution in [0.15, 0.2) is 52.4 Å². The van der Waals surface area contributed by atoms with Gasteiger partial charge in [-0.15, -0.1) is 11.8 Å². The third-order valence-electron chi connectivity index (χ3n) is 3.66. The molecule has 1 aromatic carbocycles. The summed E-state index contributed by atoms with van der Waals surface area (Å²) >= 11 is 1.76. The lowest BCUT2D eigenvalue weighted by Gasteiger charge is -2.27. The van der Waals surface area contributed by atoms with Crippen LogP contribution in [0.25, 0.3) is 0 Å². The molecule has 0 unspecified atom stereocenters. The van der Waals surface area contributed by atoms with Gasteiger partial charge in [0.2, 0.25) is 0 Å². The minimum absolute atomic E-state index is 0.0121. The zero-order valence-corrected chi connectivity index (χ0v) is 13.3. The molecule has 0 bridgehead atoms. The van der Waals surface area contributed by atoms with Gasteiger partial charge in [0.1, 0.15) is 0 Å². The number of hydrogen-bond acceptors (Lipinski definition) is 5. The van der Waals surface area contributed by atoms with Crippen LogP contribution in [-0.2, 0) is 6.54 Å². The van der Waals surface area contributed by atoms with E-state index in [1.165, 1.54) is 4.90 Å². The number of benzene rings is 1. The SMILES string of the molecule is O=c1c(N2CCNCC2)nccn1CCSc1ccccc1. The highest BCUT2D eigenvalue weighted by Crippen LogP contribution is 2.16. The second-order valence-electron chi connectivity index (χ2n) is 5.15. The first-order valence-electron chi connectivity index (χ1n) is 7.53. The molecule has 116 valence electrons. The molecule has 0 amide bonds. The van der Waals surface area contributed by atoms with Crippen molar-refractivity contribution in [3.8, 4) is 0 Å². The second kappa shape index (κ2) is 7.47. The highest BCUT2D eigenvalue weighted by atomic mass is 32.2. The number of hydrogen-bond donors (Lipinski definition) is 1. The molecule has 6 heteroatoms. The number of piperazine rings is 1. The van der Waals surface area contributed by atoms with Gasteiger partial charge in [-0.2, -0.15) is 0 Å². The van der Waals surface area contributed by atoms with Crippen LogP contribution < -0.4 is 15.8 Å². The lowest BCUT2D eigenvalue weighted by molar-refractivity contribution is 0.578. The van der Waals surface area contributed by atoms with E-state index in [1.54, 1.807) is 28.7 Å². The number of rotatable bonds is 5. The Bertz CT molecular complexity index is 653. The largest absolute Gasteiger partial charge is 0.349 e. The molecule has 0 atom stereocenters. The van der Waals surface area contributed by atoms with Crippen molar-refractivity contribution in [3.05, 3.63) is 53.1 Å². The molecule has 22 heavy (non-hydrogen) atoms. The van der Waals surface area contributed by atoms with Gasteiger partial charge in [-0.25, -0.2) is 4.98 Å². The molecule has 5 nitrogen and oxygen atoms in total. The van der Waals surface area contributed by atoms with Crippen molar-refractivity contribution >= 4 is 17.6 Å². The average molecular weight is 316 g/mol. The summed E-state index contributed by atoms with van der Waals surface area (Å²) in [5.74, 6) is 1.45. The number of aromatic nitrogens is 2. The van der Waals surface area contributed by atoms with Crippen molar-refractivity contribution in [3.63, 3.8) is 0 Å². The Labute approximate surface area is 134 Å². The van der Waals surface area contributed by atoms with Crippen LogP contribution in [0.5, 0.6) is 0 Å². The van der Waals surface area contributed by atoms with Gasteiger partial charge in [0.15, 0.2) is 5.82 Å². The van der Waals surface area contributed by atoms with Gasteiger partial charge < -0.3 is 14.8 Å². The molecular formula is C16H20N4OS. The van der Waals surface area contributed by atoms with Crippen molar-refractivity contribution in [1.29, 1.82) is 0 Å². The molecule has 1 N–H and O–H groups in total. The molecule has 1 aliphatic heterocycles. The van der Waals surface area contributed by atoms with E-state index in [9.17, 15) is 4.79 Å². The molecule has 1 fully saturated rings. The summed E-state index contributed by atoms with van der Waals surface area (Å²) in [7, 11) is 0. The fraction of sp³-hybridized carbons (Fsp3) is 0.375. The molecule has 1 saturated heterocycles. The van der Waals surface area contributed by atoms with Gasteiger partial charge in [-0.1, -0.05) is 18.2 Å². The van der Waals surface area contributed by atoms with Crippen molar-refractivity contribution < 1.29 is 0 Å². The van der Waals surface area contributed by atoms with Crippen LogP contribution in [0.3, 0.4) is 0 Å². The second-order valence-corrected chi connectivity index (χ2v) is 6.32. The Balaban J connectivity index is 1.65. The molecule has 0 saturated carbocycles. The third-order valence-corrected chi connectivity index (χ3v) is 4.65. The summed E-state index contributed by atoms with van der Waals surface area (Å²) in [5, 5.41) is 3.29. The molecule has 0 radical (unpaired) electrons. The van der Waals surface area contributed by atoms with Crippen LogP contribution in [0.1, 0.15) is 0 Å². The van der Waals surface area contributed by atoms with Crippen molar-refractivity contribution in [2.24, 2.45) is 0 Å². The Morgan fingerprint density at radius 2 is 1.95 bits per heavy atom. The molecule has 1 aromatic heterocycles. The Kier molecular flexibility index (Phi) is 5.13. The van der Waals surface area contributed by atoms with Crippen LogP contribution >= 0.6 is 11.8 Å². The van der Waals surface area contributed by atoms with E-state index in [0.29, 0.717) is 12.4 Å². The monoisotopic (exact) mass is 316 g/mol. The lowest BCUT2D eigenvalue weighted by Crippen LogP contribution is -2.46. The van der Waals surface area contributed by atoms with E-state index < -0.39 is 0 Å². The quantitative estimate of drug-likeness (QED) is 0.846. The standard InChI is InChI=1S/C16H20N4OS/c21-16-15(19-9-6-17-7-10-19)18-8-11-20(16)12-13-22-14-4-2-1-3-5-14/h1-5,8,11,17H,6-7,9-10,12-13H2. The molecule has 0 aliphatic carbocycles. The maximum atomic E-state index is 12.5. The van der Waals surface area contributed by atoms with E-state index in [4.69, 9.17) is 0 Å². The first-order chi connectivity index (χ1) is 10.8. The van der Waals surface area contributed by atoms with Crippen LogP contribution in [0.4, 0.5) is 5.82 Å². The molecule has 1 aliphatic rings. The van der Waals surface area contributed by atoms with Crippen LogP contribution in [0, 0.1) is 0 Å². The third kappa shape index (κ3) is 3.69. The molecular weight excluding hydrogens is 296 g/mol. The first-order valence-corrected chi connectivity index (χ1v) is 8.52. The maximum Gasteiger partial charge on any atom is 0.293 e. The zero-order chi connectivity index (χ0) is 15.2. The fourth-order valence-electron chi connectivity index (χ4n) is 2.48. The smallest absolute Gasteiger partial charge is 0.293 e. The van der Waals surface area contributed by atoms with E-state index in [-0.39, 0.29) is 5.56 Å². The topological polar surface area (TPSA) is 50.2 Å². The highest BCUT2D eigenvalue weighted by molar-refractivity contribution is 7.99. The van der Waals surface area contributed by atoms with E-state index in [2.05, 4.69) is 27.3 Å². The maximum absolute atomic E-state index is 12.5. The molecule has 0 spiro atoms. The van der Waals surface area contributed by atoms with Gasteiger partial charge in [-0.05, 0) is 12.1 Å². The summed E-state index contributed by atoms with van der Waals surface area (Å²) in [4.78, 5) is 20.1. The van der Waals surface area contributed by atoms with Gasteiger partial charge in [0.05, 0.1) is 0 Å². The fourth-order valence-corrected chi connectivity index (χ4v) is 3.36. The van der Waals surface area contributed by atoms with Gasteiger partial charge >= 0.3 is 0 Å². The number of nitrogens with zero attached hydrogens (tertiary/aromatic N) is 3. The number of anilines is 1. The minimum atomic E-state index is 0.0121. The van der Waals surface area contributed by atoms with Gasteiger partial charge in [-0.3, -0.25) is 4.79 Å². The minimum Gasteiger partial charge on any atom is -0.349 e. The molecule has 2 aromatic rings. The summed E-state index contributed by atoms with van der Waals surface area (Å²) in [6.07, 6.45) is 3.51. The number of nitrogens with one attached hydrogen (secondary N) is 1. The Hall–Kier alpha value is -1.79. The van der Waals surface area contributed by atoms with Crippen molar-refractivity contribution in [2.45, 2.75) is 11.4 Å². The van der Waals surface area contributed by atoms with E-state index in [0.717, 1.165) is 31.9 Å². The molecule has 3 rings (SSSR count). The highest BCUT2D eigenvalue weighted by Gasteiger charge is 2.15. The molecule has 2 heterocycles. The number of thioether (sulfide) groups is 1. The van der Waals surface area contributed by atoms with Crippen LogP contribution in [-0.4, -0.2) is 41.5 Å². The summed E-state index contributed by atoms with van der Waals surface area (Å²) in [6, 6.07) is 10.3. The first kappa shape index (κ1) is 15.1. The summed E-state index contributed by atoms with van der Waals surface area (Å²) in [6.45, 7) is 4.18. The van der Waals surface area contributed by atoms with E-state index >= 15 is 0 Å². The normalized spacial score (nSPS) is 15.0. The lowest BCUT2D eigenvalue weighted by atomic mass is 10.3. The van der Waals surface area contributed by atoms with Crippen LogP contribution in [0.2, 0.25) is 0 Å². The predicted octanol–water partition coefficient (Wildman–Crippen LogP) is 1.45. The average Bonchev–Trinajstić information content (AvgIpc) is 2.58. The Morgan fingerprint density at radius 3 is 2.73 bits per heavy atom.